The summed E-state index contributed by atoms with van der Waals surface area (Å²) in [6.07, 6.45) is 2.12. The molecule has 10 rings (SSSR count). The van der Waals surface area contributed by atoms with Gasteiger partial charge >= 0.3 is 0 Å². The minimum atomic E-state index is 0.177. The van der Waals surface area contributed by atoms with E-state index >= 15 is 0 Å². The highest BCUT2D eigenvalue weighted by atomic mass is 16.3. The molecular formula is C48H33N3O2. The zero-order valence-corrected chi connectivity index (χ0v) is 29.2. The van der Waals surface area contributed by atoms with E-state index in [9.17, 15) is 5.11 Å². The Balaban J connectivity index is 1.32. The van der Waals surface area contributed by atoms with Gasteiger partial charge in [-0.05, 0) is 90.0 Å². The van der Waals surface area contributed by atoms with Crippen LogP contribution in [0.4, 0.5) is 0 Å². The molecule has 53 heavy (non-hydrogen) atoms. The third-order valence-electron chi connectivity index (χ3n) is 10.4. The zero-order valence-electron chi connectivity index (χ0n) is 29.2. The highest BCUT2D eigenvalue weighted by Crippen LogP contribution is 2.44. The molecule has 4 aromatic heterocycles. The molecular weight excluding hydrogens is 651 g/mol. The molecule has 0 saturated heterocycles. The fourth-order valence-electron chi connectivity index (χ4n) is 7.91. The first-order chi connectivity index (χ1) is 26.0. The molecule has 0 spiro atoms. The quantitative estimate of drug-likeness (QED) is 0.196. The van der Waals surface area contributed by atoms with Crippen molar-refractivity contribution in [1.29, 1.82) is 0 Å². The summed E-state index contributed by atoms with van der Waals surface area (Å²) in [6.45, 7) is 4.27. The highest BCUT2D eigenvalue weighted by molar-refractivity contribution is 6.12. The minimum absolute atomic E-state index is 0.177. The van der Waals surface area contributed by atoms with Gasteiger partial charge in [-0.15, -0.1) is 0 Å². The van der Waals surface area contributed by atoms with Crippen LogP contribution in [0.15, 0.2) is 162 Å². The van der Waals surface area contributed by atoms with Crippen LogP contribution < -0.4 is 0 Å². The lowest BCUT2D eigenvalue weighted by atomic mass is 9.92. The lowest BCUT2D eigenvalue weighted by Gasteiger charge is -2.15. The predicted octanol–water partition coefficient (Wildman–Crippen LogP) is 12.4. The summed E-state index contributed by atoms with van der Waals surface area (Å²) in [5.74, 6) is 0.177. The summed E-state index contributed by atoms with van der Waals surface area (Å²) in [4.78, 5) is 10.7. The molecule has 252 valence electrons. The van der Waals surface area contributed by atoms with Crippen LogP contribution in [-0.2, 0) is 0 Å². The van der Waals surface area contributed by atoms with Crippen LogP contribution in [0.2, 0.25) is 0 Å². The van der Waals surface area contributed by atoms with Crippen molar-refractivity contribution in [2.75, 3.05) is 0 Å². The van der Waals surface area contributed by atoms with E-state index in [1.54, 1.807) is 6.07 Å². The lowest BCUT2D eigenvalue weighted by Crippen LogP contribution is -1.95. The molecule has 0 aliphatic rings. The molecule has 0 aliphatic heterocycles. The number of pyridine rings is 2. The second-order valence-electron chi connectivity index (χ2n) is 13.7. The largest absolute Gasteiger partial charge is 0.507 e. The average molecular weight is 684 g/mol. The Morgan fingerprint density at radius 2 is 1.25 bits per heavy atom. The van der Waals surface area contributed by atoms with E-state index in [-0.39, 0.29) is 5.75 Å². The van der Waals surface area contributed by atoms with E-state index in [1.165, 1.54) is 0 Å². The molecule has 10 aromatic rings. The Morgan fingerprint density at radius 1 is 0.547 bits per heavy atom. The first-order valence-corrected chi connectivity index (χ1v) is 17.8. The molecule has 1 N–H and O–H groups in total. The van der Waals surface area contributed by atoms with Crippen LogP contribution in [0.3, 0.4) is 0 Å². The molecule has 0 amide bonds. The van der Waals surface area contributed by atoms with Gasteiger partial charge in [-0.1, -0.05) is 103 Å². The predicted molar refractivity (Wildman–Crippen MR) is 216 cm³/mol. The van der Waals surface area contributed by atoms with E-state index in [2.05, 4.69) is 128 Å². The summed E-state index contributed by atoms with van der Waals surface area (Å²) in [5, 5.41) is 15.3. The number of fused-ring (bicyclic) bond motifs is 6. The van der Waals surface area contributed by atoms with Crippen molar-refractivity contribution in [3.63, 3.8) is 0 Å². The second kappa shape index (κ2) is 12.1. The van der Waals surface area contributed by atoms with Crippen LogP contribution >= 0.6 is 0 Å². The Bertz CT molecular complexity index is 3030. The maximum atomic E-state index is 11.1. The van der Waals surface area contributed by atoms with Gasteiger partial charge in [0.15, 0.2) is 0 Å². The first-order valence-electron chi connectivity index (χ1n) is 17.8. The molecule has 0 radical (unpaired) electrons. The average Bonchev–Trinajstić information content (AvgIpc) is 3.77. The van der Waals surface area contributed by atoms with Crippen molar-refractivity contribution in [2.45, 2.75) is 13.8 Å². The number of phenolic OH excluding ortho intramolecular Hbond substituents is 1. The molecule has 4 heterocycles. The molecule has 0 saturated carbocycles. The van der Waals surface area contributed by atoms with Crippen LogP contribution in [0.5, 0.6) is 5.75 Å². The van der Waals surface area contributed by atoms with Crippen molar-refractivity contribution in [3.8, 4) is 61.9 Å². The van der Waals surface area contributed by atoms with Gasteiger partial charge in [0.05, 0.1) is 22.8 Å². The van der Waals surface area contributed by atoms with Gasteiger partial charge < -0.3 is 9.52 Å². The van der Waals surface area contributed by atoms with Crippen molar-refractivity contribution in [1.82, 2.24) is 14.4 Å². The van der Waals surface area contributed by atoms with Crippen LogP contribution in [0, 0.1) is 13.8 Å². The Kier molecular flexibility index (Phi) is 7.02. The Labute approximate surface area is 306 Å². The van der Waals surface area contributed by atoms with E-state index < -0.39 is 0 Å². The van der Waals surface area contributed by atoms with Crippen LogP contribution in [0.1, 0.15) is 11.1 Å². The number of aromatic hydroxyl groups is 1. The number of hydrogen-bond acceptors (Lipinski definition) is 4. The van der Waals surface area contributed by atoms with E-state index in [4.69, 9.17) is 14.4 Å². The van der Waals surface area contributed by atoms with Gasteiger partial charge in [-0.25, -0.2) is 9.97 Å². The number of phenols is 1. The maximum absolute atomic E-state index is 11.1. The van der Waals surface area contributed by atoms with Gasteiger partial charge in [0.1, 0.15) is 22.6 Å². The first kappa shape index (κ1) is 30.8. The Morgan fingerprint density at radius 3 is 2.06 bits per heavy atom. The second-order valence-corrected chi connectivity index (χ2v) is 13.7. The fourth-order valence-corrected chi connectivity index (χ4v) is 7.91. The third kappa shape index (κ3) is 5.01. The van der Waals surface area contributed by atoms with Gasteiger partial charge in [-0.2, -0.15) is 0 Å². The summed E-state index contributed by atoms with van der Waals surface area (Å²) >= 11 is 0. The SMILES string of the molecule is Cc1cccc(C)c1-c1cc(-c2ccccc2O)nc(-c2cc(-c3nc4c5ccccc5ccn4c3-c3ccccc3)cc3c2oc2ccccc23)c1. The number of aryl methyl sites for hydroxylation is 2. The monoisotopic (exact) mass is 683 g/mol. The number of imidazole rings is 1. The van der Waals surface area contributed by atoms with Crippen molar-refractivity contribution >= 4 is 38.4 Å². The number of hydrogen-bond donors (Lipinski definition) is 1. The summed E-state index contributed by atoms with van der Waals surface area (Å²) in [7, 11) is 0. The van der Waals surface area contributed by atoms with Gasteiger partial charge in [-0.3, -0.25) is 4.40 Å². The summed E-state index contributed by atoms with van der Waals surface area (Å²) < 4.78 is 8.92. The summed E-state index contributed by atoms with van der Waals surface area (Å²) in [5.41, 5.74) is 13.8. The normalized spacial score (nSPS) is 11.7. The van der Waals surface area contributed by atoms with Crippen molar-refractivity contribution in [3.05, 3.63) is 169 Å². The molecule has 0 fully saturated rings. The topological polar surface area (TPSA) is 63.6 Å². The van der Waals surface area contributed by atoms with Gasteiger partial charge in [0.25, 0.3) is 0 Å². The number of aromatic nitrogens is 3. The smallest absolute Gasteiger partial charge is 0.145 e. The number of para-hydroxylation sites is 2. The Hall–Kier alpha value is -6.98. The maximum Gasteiger partial charge on any atom is 0.145 e. The van der Waals surface area contributed by atoms with E-state index in [0.29, 0.717) is 11.3 Å². The minimum Gasteiger partial charge on any atom is -0.507 e. The van der Waals surface area contributed by atoms with E-state index in [0.717, 1.165) is 94.4 Å². The third-order valence-corrected chi connectivity index (χ3v) is 10.4. The van der Waals surface area contributed by atoms with Crippen molar-refractivity contribution < 1.29 is 9.52 Å². The molecule has 5 heteroatoms. The van der Waals surface area contributed by atoms with Crippen LogP contribution in [0.25, 0.3) is 94.5 Å². The molecule has 0 unspecified atom stereocenters. The molecule has 0 bridgehead atoms. The molecule has 0 aliphatic carbocycles. The zero-order chi connectivity index (χ0) is 35.6. The standard InChI is InChI=1S/C48H33N3O2/c1-29-13-12-14-30(2)44(29)33-27-40(37-20-8-10-21-42(37)52)49-41(28-33)39-26-34(25-38-36-19-9-11-22-43(36)53-47(38)39)45-46(32-16-4-3-5-17-32)51-24-23-31-15-6-7-18-35(31)48(51)50-45/h3-28,52H,1-2H3. The number of nitrogens with zero attached hydrogens (tertiary/aromatic N) is 3. The van der Waals surface area contributed by atoms with Crippen LogP contribution in [-0.4, -0.2) is 19.5 Å². The van der Waals surface area contributed by atoms with Gasteiger partial charge in [0.2, 0.25) is 0 Å². The molecule has 6 aromatic carbocycles. The number of benzene rings is 6. The van der Waals surface area contributed by atoms with Crippen molar-refractivity contribution in [2.24, 2.45) is 0 Å². The van der Waals surface area contributed by atoms with Gasteiger partial charge in [0, 0.05) is 44.6 Å². The highest BCUT2D eigenvalue weighted by Gasteiger charge is 2.23. The number of rotatable bonds is 5. The molecule has 0 atom stereocenters. The molecule has 5 nitrogen and oxygen atoms in total. The van der Waals surface area contributed by atoms with E-state index in [1.807, 2.05) is 42.5 Å². The summed E-state index contributed by atoms with van der Waals surface area (Å²) in [6, 6.07) is 51.5. The number of furan rings is 1. The lowest BCUT2D eigenvalue weighted by molar-refractivity contribution is 0.477. The fraction of sp³-hybridized carbons (Fsp3) is 0.0417.